The van der Waals surface area contributed by atoms with Gasteiger partial charge in [0.2, 0.25) is 0 Å². The van der Waals surface area contributed by atoms with E-state index >= 15 is 0 Å². The van der Waals surface area contributed by atoms with Crippen LogP contribution in [0, 0.1) is 17.2 Å². The van der Waals surface area contributed by atoms with Crippen LogP contribution in [0.3, 0.4) is 0 Å². The van der Waals surface area contributed by atoms with Gasteiger partial charge in [0.15, 0.2) is 0 Å². The summed E-state index contributed by atoms with van der Waals surface area (Å²) < 4.78 is 4.75. The number of carbonyl (C=O) groups is 1. The van der Waals surface area contributed by atoms with Gasteiger partial charge in [0, 0.05) is 12.0 Å². The van der Waals surface area contributed by atoms with Crippen LogP contribution in [-0.4, -0.2) is 12.6 Å². The molecule has 0 aliphatic heterocycles. The number of ether oxygens (including phenoxy) is 1. The van der Waals surface area contributed by atoms with Gasteiger partial charge in [-0.15, -0.1) is 0 Å². The second kappa shape index (κ2) is 10.2. The molecule has 3 nitrogen and oxygen atoms in total. The molecule has 0 aliphatic rings. The zero-order valence-corrected chi connectivity index (χ0v) is 10.2. The van der Waals surface area contributed by atoms with Gasteiger partial charge in [0.1, 0.15) is 0 Å². The first-order chi connectivity index (χ1) is 7.74. The highest BCUT2D eigenvalue weighted by Crippen LogP contribution is 2.13. The summed E-state index contributed by atoms with van der Waals surface area (Å²) in [6.07, 6.45) is 8.11. The smallest absolute Gasteiger partial charge is 0.330 e. The molecule has 1 atom stereocenters. The monoisotopic (exact) mass is 223 g/mol. The van der Waals surface area contributed by atoms with E-state index in [1.165, 1.54) is 12.5 Å². The van der Waals surface area contributed by atoms with Crippen molar-refractivity contribution in [3.05, 3.63) is 12.2 Å². The minimum absolute atomic E-state index is 0.0252. The third-order valence-electron chi connectivity index (χ3n) is 2.30. The van der Waals surface area contributed by atoms with Gasteiger partial charge < -0.3 is 4.74 Å². The van der Waals surface area contributed by atoms with Crippen LogP contribution in [0.2, 0.25) is 0 Å². The molecular formula is C13H21NO2. The van der Waals surface area contributed by atoms with Gasteiger partial charge in [-0.3, -0.25) is 0 Å². The van der Waals surface area contributed by atoms with E-state index in [1.807, 2.05) is 0 Å². The second-order valence-corrected chi connectivity index (χ2v) is 3.71. The average molecular weight is 223 g/mol. The lowest BCUT2D eigenvalue weighted by molar-refractivity contribution is -0.137. The van der Waals surface area contributed by atoms with E-state index < -0.39 is 0 Å². The van der Waals surface area contributed by atoms with Gasteiger partial charge in [0.05, 0.1) is 12.7 Å². The fraction of sp³-hybridized carbons (Fsp3) is 0.692. The van der Waals surface area contributed by atoms with Crippen LogP contribution in [-0.2, 0) is 9.53 Å². The molecule has 0 aromatic carbocycles. The summed E-state index contributed by atoms with van der Waals surface area (Å²) in [5, 5.41) is 8.89. The third-order valence-corrected chi connectivity index (χ3v) is 2.30. The Bertz CT molecular complexity index is 253. The topological polar surface area (TPSA) is 50.1 Å². The summed E-state index contributed by atoms with van der Waals surface area (Å²) in [6, 6.07) is 2.26. The number of carbonyl (C=O) groups excluding carboxylic acids is 1. The highest BCUT2D eigenvalue weighted by Gasteiger charge is 2.04. The lowest BCUT2D eigenvalue weighted by Crippen LogP contribution is -2.00. The molecule has 0 saturated carbocycles. The minimum Gasteiger partial charge on any atom is -0.463 e. The highest BCUT2D eigenvalue weighted by molar-refractivity contribution is 5.81. The Balaban J connectivity index is 3.78. The van der Waals surface area contributed by atoms with E-state index in [9.17, 15) is 4.79 Å². The van der Waals surface area contributed by atoms with E-state index in [-0.39, 0.29) is 11.9 Å². The van der Waals surface area contributed by atoms with Crippen molar-refractivity contribution in [1.29, 1.82) is 5.26 Å². The highest BCUT2D eigenvalue weighted by atomic mass is 16.5. The van der Waals surface area contributed by atoms with Gasteiger partial charge in [0.25, 0.3) is 0 Å². The van der Waals surface area contributed by atoms with E-state index in [4.69, 9.17) is 10.00 Å². The summed E-state index contributed by atoms with van der Waals surface area (Å²) in [5.41, 5.74) is 0. The number of hydrogen-bond donors (Lipinski definition) is 0. The third kappa shape index (κ3) is 8.05. The van der Waals surface area contributed by atoms with E-state index in [1.54, 1.807) is 13.0 Å². The number of nitrogens with zero attached hydrogens (tertiary/aromatic N) is 1. The summed E-state index contributed by atoms with van der Waals surface area (Å²) >= 11 is 0. The molecule has 0 fully saturated rings. The molecule has 1 unspecified atom stereocenters. The van der Waals surface area contributed by atoms with E-state index in [0.29, 0.717) is 13.0 Å². The first kappa shape index (κ1) is 14.7. The Morgan fingerprint density at radius 2 is 2.19 bits per heavy atom. The van der Waals surface area contributed by atoms with Gasteiger partial charge in [-0.1, -0.05) is 32.3 Å². The van der Waals surface area contributed by atoms with Crippen LogP contribution in [0.5, 0.6) is 0 Å². The Hall–Kier alpha value is -1.30. The summed E-state index contributed by atoms with van der Waals surface area (Å²) in [4.78, 5) is 11.0. The zero-order valence-electron chi connectivity index (χ0n) is 10.2. The van der Waals surface area contributed by atoms with E-state index in [2.05, 4.69) is 13.0 Å². The van der Waals surface area contributed by atoms with Gasteiger partial charge in [-0.25, -0.2) is 4.79 Å². The molecule has 0 aromatic rings. The maximum absolute atomic E-state index is 11.0. The minimum atomic E-state index is -0.326. The van der Waals surface area contributed by atoms with Crippen LogP contribution in [0.15, 0.2) is 12.2 Å². The molecule has 0 bridgehead atoms. The Labute approximate surface area is 98.1 Å². The van der Waals surface area contributed by atoms with Crippen molar-refractivity contribution in [3.63, 3.8) is 0 Å². The Morgan fingerprint density at radius 1 is 1.44 bits per heavy atom. The molecule has 3 heteroatoms. The van der Waals surface area contributed by atoms with E-state index in [0.717, 1.165) is 19.3 Å². The number of allylic oxidation sites excluding steroid dienone is 1. The van der Waals surface area contributed by atoms with Crippen molar-refractivity contribution >= 4 is 5.97 Å². The Kier molecular flexibility index (Phi) is 9.39. The fourth-order valence-corrected chi connectivity index (χ4v) is 1.39. The first-order valence-electron chi connectivity index (χ1n) is 5.97. The Morgan fingerprint density at radius 3 is 2.75 bits per heavy atom. The van der Waals surface area contributed by atoms with Crippen molar-refractivity contribution in [2.75, 3.05) is 6.61 Å². The predicted molar refractivity (Wildman–Crippen MR) is 63.6 cm³/mol. The van der Waals surface area contributed by atoms with Crippen molar-refractivity contribution in [1.82, 2.24) is 0 Å². The quantitative estimate of drug-likeness (QED) is 0.360. The summed E-state index contributed by atoms with van der Waals surface area (Å²) in [6.45, 7) is 4.30. The molecule has 16 heavy (non-hydrogen) atoms. The van der Waals surface area contributed by atoms with Gasteiger partial charge in [-0.2, -0.15) is 5.26 Å². The maximum Gasteiger partial charge on any atom is 0.330 e. The molecule has 0 aliphatic carbocycles. The first-order valence-corrected chi connectivity index (χ1v) is 5.97. The van der Waals surface area contributed by atoms with Crippen LogP contribution in [0.4, 0.5) is 0 Å². The van der Waals surface area contributed by atoms with Crippen molar-refractivity contribution in [2.45, 2.75) is 46.0 Å². The van der Waals surface area contributed by atoms with Crippen molar-refractivity contribution in [2.24, 2.45) is 5.92 Å². The predicted octanol–water partition coefficient (Wildman–Crippen LogP) is 3.22. The normalized spacial score (nSPS) is 12.3. The van der Waals surface area contributed by atoms with Crippen LogP contribution in [0.25, 0.3) is 0 Å². The maximum atomic E-state index is 11.0. The molecule has 0 aromatic heterocycles. The summed E-state index contributed by atoms with van der Waals surface area (Å²) in [7, 11) is 0. The fourth-order valence-electron chi connectivity index (χ4n) is 1.39. The lowest BCUT2D eigenvalue weighted by atomic mass is 9.99. The molecule has 0 saturated heterocycles. The van der Waals surface area contributed by atoms with Gasteiger partial charge in [-0.05, 0) is 19.8 Å². The molecule has 90 valence electrons. The molecule has 0 N–H and O–H groups in total. The summed E-state index contributed by atoms with van der Waals surface area (Å²) in [5.74, 6) is -0.301. The molecular weight excluding hydrogens is 202 g/mol. The molecule has 0 amide bonds. The number of rotatable bonds is 8. The van der Waals surface area contributed by atoms with Crippen LogP contribution in [0.1, 0.15) is 46.0 Å². The van der Waals surface area contributed by atoms with Gasteiger partial charge >= 0.3 is 5.97 Å². The number of nitriles is 1. The second-order valence-electron chi connectivity index (χ2n) is 3.71. The number of unbranched alkanes of at least 4 members (excludes halogenated alkanes) is 2. The molecule has 0 rings (SSSR count). The lowest BCUT2D eigenvalue weighted by Gasteiger charge is -2.04. The number of esters is 1. The molecule has 0 radical (unpaired) electrons. The average Bonchev–Trinajstić information content (AvgIpc) is 2.27. The van der Waals surface area contributed by atoms with Crippen molar-refractivity contribution < 1.29 is 9.53 Å². The molecule has 0 heterocycles. The molecule has 0 spiro atoms. The SMILES string of the molecule is CCCCCC(C#N)CC=CC(=O)OCC. The standard InChI is InChI=1S/C13H21NO2/c1-3-5-6-8-12(11-14)9-7-10-13(15)16-4-2/h7,10,12H,3-6,8-9H2,1-2H3. The van der Waals surface area contributed by atoms with Crippen LogP contribution >= 0.6 is 0 Å². The number of hydrogen-bond acceptors (Lipinski definition) is 3. The van der Waals surface area contributed by atoms with Crippen LogP contribution < -0.4 is 0 Å². The largest absolute Gasteiger partial charge is 0.463 e. The zero-order chi connectivity index (χ0) is 12.2. The van der Waals surface area contributed by atoms with Crippen molar-refractivity contribution in [3.8, 4) is 6.07 Å².